The number of piperazine rings is 1. The number of pyridine rings is 1. The zero-order chi connectivity index (χ0) is 23.7. The van der Waals surface area contributed by atoms with Gasteiger partial charge in [0.15, 0.2) is 0 Å². The molecule has 1 atom stereocenters. The van der Waals surface area contributed by atoms with Gasteiger partial charge in [0.05, 0.1) is 6.04 Å². The van der Waals surface area contributed by atoms with Crippen LogP contribution in [0.2, 0.25) is 0 Å². The summed E-state index contributed by atoms with van der Waals surface area (Å²) in [6.45, 7) is 4.77. The predicted octanol–water partition coefficient (Wildman–Crippen LogP) is 1.30. The largest absolute Gasteiger partial charge is 0.490 e. The average Bonchev–Trinajstić information content (AvgIpc) is 2.90. The Balaban J connectivity index is 0.000000451. The van der Waals surface area contributed by atoms with E-state index in [2.05, 4.69) is 20.9 Å². The molecule has 0 aliphatic carbocycles. The van der Waals surface area contributed by atoms with E-state index in [9.17, 15) is 22.8 Å². The summed E-state index contributed by atoms with van der Waals surface area (Å²) in [5.74, 6) is -3.71. The lowest BCUT2D eigenvalue weighted by molar-refractivity contribution is -0.192. The van der Waals surface area contributed by atoms with Gasteiger partial charge in [0, 0.05) is 51.7 Å². The van der Waals surface area contributed by atoms with E-state index in [0.717, 1.165) is 52.0 Å². The number of carboxylic acids is 2. The van der Waals surface area contributed by atoms with Crippen LogP contribution in [0, 0.1) is 0 Å². The van der Waals surface area contributed by atoms with Crippen LogP contribution in [0.15, 0.2) is 24.5 Å². The zero-order valence-electron chi connectivity index (χ0n) is 17.5. The van der Waals surface area contributed by atoms with Crippen molar-refractivity contribution in [1.82, 2.24) is 19.7 Å². The fourth-order valence-corrected chi connectivity index (χ4v) is 3.73. The number of nitrogens with zero attached hydrogens (tertiary/aromatic N) is 4. The minimum atomic E-state index is -5.08. The van der Waals surface area contributed by atoms with E-state index in [1.165, 1.54) is 10.5 Å². The minimum absolute atomic E-state index is 0.0133. The molecule has 0 saturated carbocycles. The molecule has 12 heteroatoms. The third kappa shape index (κ3) is 8.08. The smallest absolute Gasteiger partial charge is 0.480 e. The van der Waals surface area contributed by atoms with Crippen LogP contribution in [0.3, 0.4) is 0 Å². The highest BCUT2D eigenvalue weighted by Gasteiger charge is 2.38. The Morgan fingerprint density at radius 1 is 1.09 bits per heavy atom. The fourth-order valence-electron chi connectivity index (χ4n) is 3.73. The normalized spacial score (nSPS) is 20.8. The summed E-state index contributed by atoms with van der Waals surface area (Å²) in [6, 6.07) is 3.87. The molecule has 2 fully saturated rings. The van der Waals surface area contributed by atoms with Crippen molar-refractivity contribution in [2.45, 2.75) is 38.0 Å². The van der Waals surface area contributed by atoms with Crippen LogP contribution < -0.4 is 0 Å². The Morgan fingerprint density at radius 3 is 2.28 bits per heavy atom. The van der Waals surface area contributed by atoms with Gasteiger partial charge in [-0.3, -0.25) is 24.4 Å². The zero-order valence-corrected chi connectivity index (χ0v) is 17.5. The summed E-state index contributed by atoms with van der Waals surface area (Å²) in [6.07, 6.45) is 1.28. The third-order valence-corrected chi connectivity index (χ3v) is 5.30. The molecule has 1 amide bonds. The Morgan fingerprint density at radius 2 is 1.75 bits per heavy atom. The number of carbonyl (C=O) groups excluding carboxylic acids is 1. The summed E-state index contributed by atoms with van der Waals surface area (Å²) in [7, 11) is 0. The molecule has 0 radical (unpaired) electrons. The van der Waals surface area contributed by atoms with E-state index in [0.29, 0.717) is 6.54 Å². The molecule has 2 N–H and O–H groups in total. The summed E-state index contributed by atoms with van der Waals surface area (Å²) >= 11 is 0. The van der Waals surface area contributed by atoms with Crippen molar-refractivity contribution in [3.8, 4) is 0 Å². The first-order valence-corrected chi connectivity index (χ1v) is 10.2. The molecule has 1 unspecified atom stereocenters. The molecule has 2 aliphatic rings. The second-order valence-electron chi connectivity index (χ2n) is 7.64. The van der Waals surface area contributed by atoms with Gasteiger partial charge < -0.3 is 15.1 Å². The van der Waals surface area contributed by atoms with E-state index in [-0.39, 0.29) is 18.5 Å². The number of aromatic nitrogens is 1. The van der Waals surface area contributed by atoms with E-state index in [1.807, 2.05) is 12.3 Å². The molecule has 32 heavy (non-hydrogen) atoms. The van der Waals surface area contributed by atoms with Crippen molar-refractivity contribution in [3.05, 3.63) is 30.1 Å². The molecule has 178 valence electrons. The maximum absolute atomic E-state index is 12.8. The number of aliphatic carboxylic acids is 2. The molecule has 1 aromatic rings. The number of carbonyl (C=O) groups is 3. The topological polar surface area (TPSA) is 114 Å². The number of hydrogen-bond donors (Lipinski definition) is 2. The molecular formula is C20H27F3N4O5. The Kier molecular flexibility index (Phi) is 9.39. The van der Waals surface area contributed by atoms with Crippen LogP contribution in [0.25, 0.3) is 0 Å². The maximum atomic E-state index is 12.8. The van der Waals surface area contributed by atoms with Gasteiger partial charge in [-0.2, -0.15) is 13.2 Å². The predicted molar refractivity (Wildman–Crippen MR) is 107 cm³/mol. The van der Waals surface area contributed by atoms with Crippen LogP contribution in [-0.4, -0.2) is 99.2 Å². The summed E-state index contributed by atoms with van der Waals surface area (Å²) < 4.78 is 31.7. The second kappa shape index (κ2) is 11.8. The average molecular weight is 460 g/mol. The molecule has 0 bridgehead atoms. The first-order valence-electron chi connectivity index (χ1n) is 10.2. The van der Waals surface area contributed by atoms with Gasteiger partial charge in [-0.1, -0.05) is 6.07 Å². The van der Waals surface area contributed by atoms with Gasteiger partial charge >= 0.3 is 18.1 Å². The van der Waals surface area contributed by atoms with Crippen LogP contribution in [-0.2, 0) is 20.9 Å². The van der Waals surface area contributed by atoms with E-state index < -0.39 is 18.1 Å². The van der Waals surface area contributed by atoms with Gasteiger partial charge in [-0.25, -0.2) is 4.79 Å². The number of carboxylic acid groups (broad SMARTS) is 2. The van der Waals surface area contributed by atoms with Crippen LogP contribution in [0.4, 0.5) is 13.2 Å². The SMILES string of the molecule is O=C(O)C(F)(F)F.O=C(O)CN1CCCCC(N2CCN(Cc3cccnc3)CC2)C1=O. The van der Waals surface area contributed by atoms with Crippen LogP contribution in [0.1, 0.15) is 24.8 Å². The fraction of sp³-hybridized carbons (Fsp3) is 0.600. The lowest BCUT2D eigenvalue weighted by Gasteiger charge is -2.39. The van der Waals surface area contributed by atoms with Crippen molar-refractivity contribution in [1.29, 1.82) is 0 Å². The molecular weight excluding hydrogens is 433 g/mol. The molecule has 0 spiro atoms. The van der Waals surface area contributed by atoms with Gasteiger partial charge in [-0.05, 0) is 30.9 Å². The van der Waals surface area contributed by atoms with Gasteiger partial charge in [0.1, 0.15) is 6.54 Å². The highest BCUT2D eigenvalue weighted by Crippen LogP contribution is 2.19. The number of rotatable bonds is 5. The number of alkyl halides is 3. The number of likely N-dealkylation sites (tertiary alicyclic amines) is 1. The summed E-state index contributed by atoms with van der Waals surface area (Å²) in [5, 5.41) is 16.2. The van der Waals surface area contributed by atoms with Gasteiger partial charge in [-0.15, -0.1) is 0 Å². The van der Waals surface area contributed by atoms with Gasteiger partial charge in [0.25, 0.3) is 0 Å². The van der Waals surface area contributed by atoms with E-state index in [4.69, 9.17) is 15.0 Å². The molecule has 9 nitrogen and oxygen atoms in total. The molecule has 3 heterocycles. The molecule has 1 aromatic heterocycles. The standard InChI is InChI=1S/C18H26N4O3.C2HF3O2/c23-17(24)14-22-7-2-1-5-16(18(22)25)21-10-8-20(9-11-21)13-15-4-3-6-19-12-15;3-2(4,5)1(6)7/h3-4,6,12,16H,1-2,5,7-11,13-14H2,(H,23,24);(H,6,7). The van der Waals surface area contributed by atoms with Crippen LogP contribution >= 0.6 is 0 Å². The summed E-state index contributed by atoms with van der Waals surface area (Å²) in [4.78, 5) is 42.9. The van der Waals surface area contributed by atoms with Crippen molar-refractivity contribution in [2.24, 2.45) is 0 Å². The Bertz CT molecular complexity index is 770. The lowest BCUT2D eigenvalue weighted by Crippen LogP contribution is -2.55. The number of hydrogen-bond acceptors (Lipinski definition) is 6. The molecule has 2 aliphatic heterocycles. The molecule has 3 rings (SSSR count). The first kappa shape index (κ1) is 25.5. The monoisotopic (exact) mass is 460 g/mol. The van der Waals surface area contributed by atoms with Crippen molar-refractivity contribution < 1.29 is 37.8 Å². The maximum Gasteiger partial charge on any atom is 0.490 e. The highest BCUT2D eigenvalue weighted by molar-refractivity contribution is 5.85. The van der Waals surface area contributed by atoms with Crippen molar-refractivity contribution in [3.63, 3.8) is 0 Å². The third-order valence-electron chi connectivity index (χ3n) is 5.30. The van der Waals surface area contributed by atoms with Gasteiger partial charge in [0.2, 0.25) is 5.91 Å². The second-order valence-corrected chi connectivity index (χ2v) is 7.64. The van der Waals surface area contributed by atoms with E-state index >= 15 is 0 Å². The summed E-state index contributed by atoms with van der Waals surface area (Å²) in [5.41, 5.74) is 1.20. The minimum Gasteiger partial charge on any atom is -0.480 e. The van der Waals surface area contributed by atoms with Crippen molar-refractivity contribution >= 4 is 17.8 Å². The Hall–Kier alpha value is -2.73. The molecule has 2 saturated heterocycles. The lowest BCUT2D eigenvalue weighted by atomic mass is 10.1. The van der Waals surface area contributed by atoms with Crippen molar-refractivity contribution in [2.75, 3.05) is 39.3 Å². The Labute approximate surface area is 183 Å². The van der Waals surface area contributed by atoms with Crippen LogP contribution in [0.5, 0.6) is 0 Å². The highest BCUT2D eigenvalue weighted by atomic mass is 19.4. The van der Waals surface area contributed by atoms with E-state index in [1.54, 1.807) is 6.20 Å². The first-order chi connectivity index (χ1) is 15.1. The quantitative estimate of drug-likeness (QED) is 0.676. The molecule has 0 aromatic carbocycles. The number of halogens is 3. The number of amides is 1.